The number of likely N-dealkylation sites (tertiary alicyclic amines) is 1. The normalized spacial score (nSPS) is 14.8. The van der Waals surface area contributed by atoms with Crippen molar-refractivity contribution in [3.63, 3.8) is 0 Å². The van der Waals surface area contributed by atoms with Crippen molar-refractivity contribution in [2.75, 3.05) is 19.6 Å². The molecule has 0 spiro atoms. The number of rotatable bonds is 6. The fourth-order valence-corrected chi connectivity index (χ4v) is 3.60. The van der Waals surface area contributed by atoms with Crippen LogP contribution in [0.25, 0.3) is 0 Å². The van der Waals surface area contributed by atoms with E-state index in [2.05, 4.69) is 29.6 Å². The molecule has 2 aromatic carbocycles. The first kappa shape index (κ1) is 19.4. The Balaban J connectivity index is 1.37. The van der Waals surface area contributed by atoms with Gasteiger partial charge in [-0.1, -0.05) is 41.9 Å². The Kier molecular flexibility index (Phi) is 6.88. The third kappa shape index (κ3) is 5.83. The smallest absolute Gasteiger partial charge is 0.251 e. The van der Waals surface area contributed by atoms with Crippen LogP contribution in [0.3, 0.4) is 0 Å². The molecule has 1 N–H and O–H groups in total. The molecule has 2 aromatic rings. The van der Waals surface area contributed by atoms with Crippen LogP contribution in [0, 0.1) is 5.92 Å². The van der Waals surface area contributed by atoms with E-state index in [4.69, 9.17) is 11.6 Å². The highest BCUT2D eigenvalue weighted by molar-refractivity contribution is 6.30. The first-order valence-electron chi connectivity index (χ1n) is 9.47. The Morgan fingerprint density at radius 2 is 1.67 bits per heavy atom. The van der Waals surface area contributed by atoms with Crippen molar-refractivity contribution in [1.29, 1.82) is 0 Å². The molecule has 0 atom stereocenters. The first-order valence-corrected chi connectivity index (χ1v) is 9.85. The molecule has 0 unspecified atom stereocenters. The van der Waals surface area contributed by atoms with Crippen LogP contribution < -0.4 is 5.32 Å². The molecule has 0 aromatic heterocycles. The van der Waals surface area contributed by atoms with Gasteiger partial charge in [0, 0.05) is 36.6 Å². The molecule has 5 heteroatoms. The third-order valence-corrected chi connectivity index (χ3v) is 5.32. The van der Waals surface area contributed by atoms with Gasteiger partial charge in [0.25, 0.3) is 5.91 Å². The minimum Gasteiger partial charge on any atom is -0.352 e. The summed E-state index contributed by atoms with van der Waals surface area (Å²) in [4.78, 5) is 26.4. The summed E-state index contributed by atoms with van der Waals surface area (Å²) in [5, 5.41) is 3.40. The second-order valence-electron chi connectivity index (χ2n) is 7.03. The molecule has 2 amide bonds. The molecule has 1 fully saturated rings. The molecule has 0 bridgehead atoms. The van der Waals surface area contributed by atoms with Crippen LogP contribution in [0.1, 0.15) is 35.2 Å². The summed E-state index contributed by atoms with van der Waals surface area (Å²) in [5.41, 5.74) is 1.92. The van der Waals surface area contributed by atoms with Crippen molar-refractivity contribution in [1.82, 2.24) is 10.2 Å². The highest BCUT2D eigenvalue weighted by Gasteiger charge is 2.22. The van der Waals surface area contributed by atoms with E-state index in [0.717, 1.165) is 32.4 Å². The van der Waals surface area contributed by atoms with Crippen molar-refractivity contribution in [2.24, 2.45) is 5.92 Å². The molecule has 1 aliphatic rings. The molecular formula is C22H25ClN2O2. The van der Waals surface area contributed by atoms with Crippen molar-refractivity contribution < 1.29 is 9.59 Å². The molecule has 0 radical (unpaired) electrons. The number of nitrogens with zero attached hydrogens (tertiary/aromatic N) is 1. The van der Waals surface area contributed by atoms with Crippen molar-refractivity contribution in [2.45, 2.75) is 25.7 Å². The van der Waals surface area contributed by atoms with Crippen molar-refractivity contribution >= 4 is 23.4 Å². The van der Waals surface area contributed by atoms with E-state index in [-0.39, 0.29) is 11.8 Å². The second kappa shape index (κ2) is 9.56. The lowest BCUT2D eigenvalue weighted by Gasteiger charge is -2.32. The number of amides is 2. The molecule has 4 nitrogen and oxygen atoms in total. The Labute approximate surface area is 165 Å². The van der Waals surface area contributed by atoms with E-state index in [1.807, 2.05) is 11.0 Å². The zero-order valence-corrected chi connectivity index (χ0v) is 16.1. The maximum absolute atomic E-state index is 12.4. The number of hydrogen-bond acceptors (Lipinski definition) is 2. The number of halogens is 1. The van der Waals surface area contributed by atoms with Gasteiger partial charge in [0.15, 0.2) is 0 Å². The maximum atomic E-state index is 12.4. The van der Waals surface area contributed by atoms with Crippen LogP contribution in [0.5, 0.6) is 0 Å². The summed E-state index contributed by atoms with van der Waals surface area (Å²) < 4.78 is 0. The predicted octanol–water partition coefficient (Wildman–Crippen LogP) is 3.94. The van der Waals surface area contributed by atoms with Gasteiger partial charge >= 0.3 is 0 Å². The Morgan fingerprint density at radius 3 is 2.33 bits per heavy atom. The van der Waals surface area contributed by atoms with Gasteiger partial charge in [-0.3, -0.25) is 9.59 Å². The van der Waals surface area contributed by atoms with Crippen LogP contribution in [-0.4, -0.2) is 36.3 Å². The van der Waals surface area contributed by atoms with Gasteiger partial charge in [-0.15, -0.1) is 0 Å². The van der Waals surface area contributed by atoms with Gasteiger partial charge in [0.1, 0.15) is 0 Å². The average molecular weight is 385 g/mol. The number of carbonyl (C=O) groups excluding carboxylic acids is 2. The van der Waals surface area contributed by atoms with Gasteiger partial charge in [0.2, 0.25) is 5.91 Å². The van der Waals surface area contributed by atoms with Crippen molar-refractivity contribution in [3.8, 4) is 0 Å². The van der Waals surface area contributed by atoms with Gasteiger partial charge in [-0.25, -0.2) is 0 Å². The molecular weight excluding hydrogens is 360 g/mol. The van der Waals surface area contributed by atoms with Gasteiger partial charge in [-0.05, 0) is 55.0 Å². The molecule has 1 heterocycles. The van der Waals surface area contributed by atoms with Gasteiger partial charge in [-0.2, -0.15) is 0 Å². The van der Waals surface area contributed by atoms with Crippen LogP contribution in [0.4, 0.5) is 0 Å². The maximum Gasteiger partial charge on any atom is 0.251 e. The molecule has 1 saturated heterocycles. The summed E-state index contributed by atoms with van der Waals surface area (Å²) in [5.74, 6) is 0.576. The van der Waals surface area contributed by atoms with Crippen LogP contribution in [0.2, 0.25) is 5.02 Å². The zero-order chi connectivity index (χ0) is 19.1. The zero-order valence-electron chi connectivity index (χ0n) is 15.4. The number of piperidine rings is 1. The quantitative estimate of drug-likeness (QED) is 0.820. The summed E-state index contributed by atoms with van der Waals surface area (Å²) in [6.45, 7) is 1.97. The average Bonchev–Trinajstić information content (AvgIpc) is 2.69. The lowest BCUT2D eigenvalue weighted by atomic mass is 9.90. The minimum atomic E-state index is -0.180. The fraction of sp³-hybridized carbons (Fsp3) is 0.364. The third-order valence-electron chi connectivity index (χ3n) is 5.07. The number of benzene rings is 2. The monoisotopic (exact) mass is 384 g/mol. The lowest BCUT2D eigenvalue weighted by Crippen LogP contribution is -2.40. The van der Waals surface area contributed by atoms with Gasteiger partial charge in [0.05, 0.1) is 0 Å². The van der Waals surface area contributed by atoms with Crippen LogP contribution in [-0.2, 0) is 11.2 Å². The summed E-state index contributed by atoms with van der Waals surface area (Å²) >= 11 is 5.82. The second-order valence-corrected chi connectivity index (χ2v) is 7.46. The summed E-state index contributed by atoms with van der Waals surface area (Å²) in [7, 11) is 0. The van der Waals surface area contributed by atoms with Crippen molar-refractivity contribution in [3.05, 3.63) is 70.7 Å². The number of nitrogens with one attached hydrogen (secondary N) is 1. The Bertz CT molecular complexity index is 754. The Hall–Kier alpha value is -2.33. The highest BCUT2D eigenvalue weighted by atomic mass is 35.5. The molecule has 3 rings (SSSR count). The Morgan fingerprint density at radius 1 is 1.00 bits per heavy atom. The molecule has 27 heavy (non-hydrogen) atoms. The van der Waals surface area contributed by atoms with Crippen LogP contribution >= 0.6 is 11.6 Å². The molecule has 0 aliphatic carbocycles. The standard InChI is InChI=1S/C22H25ClN2O2/c23-20-8-6-19(7-9-20)22(27)24-13-10-21(26)25-14-11-18(12-15-25)16-17-4-2-1-3-5-17/h1-9,18H,10-16H2,(H,24,27). The van der Waals surface area contributed by atoms with Crippen LogP contribution in [0.15, 0.2) is 54.6 Å². The summed E-state index contributed by atoms with van der Waals surface area (Å²) in [6.07, 6.45) is 3.50. The minimum absolute atomic E-state index is 0.115. The number of carbonyl (C=O) groups is 2. The number of hydrogen-bond donors (Lipinski definition) is 1. The largest absolute Gasteiger partial charge is 0.352 e. The van der Waals surface area contributed by atoms with E-state index >= 15 is 0 Å². The molecule has 142 valence electrons. The molecule has 1 aliphatic heterocycles. The summed E-state index contributed by atoms with van der Waals surface area (Å²) in [6, 6.07) is 17.2. The lowest BCUT2D eigenvalue weighted by molar-refractivity contribution is -0.132. The van der Waals surface area contributed by atoms with E-state index < -0.39 is 0 Å². The molecule has 0 saturated carbocycles. The fourth-order valence-electron chi connectivity index (χ4n) is 3.48. The SMILES string of the molecule is O=C(NCCC(=O)N1CCC(Cc2ccccc2)CC1)c1ccc(Cl)cc1. The predicted molar refractivity (Wildman–Crippen MR) is 108 cm³/mol. The topological polar surface area (TPSA) is 49.4 Å². The van der Waals surface area contributed by atoms with Gasteiger partial charge < -0.3 is 10.2 Å². The van der Waals surface area contributed by atoms with E-state index in [9.17, 15) is 9.59 Å². The van der Waals surface area contributed by atoms with E-state index in [1.165, 1.54) is 5.56 Å². The van der Waals surface area contributed by atoms with E-state index in [0.29, 0.717) is 29.5 Å². The van der Waals surface area contributed by atoms with E-state index in [1.54, 1.807) is 24.3 Å². The highest BCUT2D eigenvalue weighted by Crippen LogP contribution is 2.22. The first-order chi connectivity index (χ1) is 13.1.